The molecule has 0 heterocycles. The van der Waals surface area contributed by atoms with Crippen LogP contribution in [-0.2, 0) is 9.53 Å². The van der Waals surface area contributed by atoms with E-state index in [-0.39, 0.29) is 24.5 Å². The molecule has 3 unspecified atom stereocenters. The Labute approximate surface area is 148 Å². The van der Waals surface area contributed by atoms with Crippen molar-refractivity contribution in [3.63, 3.8) is 0 Å². The fourth-order valence-corrected chi connectivity index (χ4v) is 2.60. The number of hydrogen-bond acceptors (Lipinski definition) is 5. The lowest BCUT2D eigenvalue weighted by Gasteiger charge is -2.25. The first-order valence-electron chi connectivity index (χ1n) is 8.34. The molecule has 0 amide bonds. The van der Waals surface area contributed by atoms with E-state index in [0.717, 1.165) is 5.56 Å². The number of esters is 1. The Bertz CT molecular complexity index is 633. The Morgan fingerprint density at radius 1 is 1.08 bits per heavy atom. The topological polar surface area (TPSA) is 67.8 Å². The zero-order valence-corrected chi connectivity index (χ0v) is 14.6. The van der Waals surface area contributed by atoms with E-state index >= 15 is 0 Å². The Balaban J connectivity index is 1.93. The maximum absolute atomic E-state index is 11.9. The maximum Gasteiger partial charge on any atom is 0.310 e. The summed E-state index contributed by atoms with van der Waals surface area (Å²) < 4.78 is 10.4. The Morgan fingerprint density at radius 2 is 1.68 bits per heavy atom. The molecule has 0 bridgehead atoms. The molecular formula is C20H25NO4. The van der Waals surface area contributed by atoms with Gasteiger partial charge in [0, 0.05) is 12.6 Å². The van der Waals surface area contributed by atoms with Crippen LogP contribution in [0.5, 0.6) is 5.75 Å². The second-order valence-electron chi connectivity index (χ2n) is 5.89. The Morgan fingerprint density at radius 3 is 2.28 bits per heavy atom. The molecule has 2 aromatic carbocycles. The molecule has 2 aromatic rings. The molecule has 0 aliphatic rings. The predicted molar refractivity (Wildman–Crippen MR) is 96.3 cm³/mol. The average Bonchev–Trinajstić information content (AvgIpc) is 2.67. The van der Waals surface area contributed by atoms with E-state index < -0.39 is 6.10 Å². The van der Waals surface area contributed by atoms with Gasteiger partial charge in [0.1, 0.15) is 18.5 Å². The van der Waals surface area contributed by atoms with Gasteiger partial charge in [-0.1, -0.05) is 55.5 Å². The number of benzene rings is 2. The zero-order chi connectivity index (χ0) is 18.1. The van der Waals surface area contributed by atoms with Crippen molar-refractivity contribution in [2.24, 2.45) is 5.92 Å². The summed E-state index contributed by atoms with van der Waals surface area (Å²) in [7, 11) is 1.38. The van der Waals surface area contributed by atoms with Crippen LogP contribution in [0.25, 0.3) is 0 Å². The van der Waals surface area contributed by atoms with Crippen LogP contribution in [-0.4, -0.2) is 37.4 Å². The number of para-hydroxylation sites is 1. The average molecular weight is 343 g/mol. The van der Waals surface area contributed by atoms with Crippen LogP contribution in [0.2, 0.25) is 0 Å². The number of methoxy groups -OCH3 is 1. The van der Waals surface area contributed by atoms with Gasteiger partial charge in [0.05, 0.1) is 13.0 Å². The molecule has 2 N–H and O–H groups in total. The second kappa shape index (κ2) is 9.81. The minimum absolute atomic E-state index is 0.172. The molecule has 25 heavy (non-hydrogen) atoms. The minimum Gasteiger partial charge on any atom is -0.491 e. The van der Waals surface area contributed by atoms with Gasteiger partial charge >= 0.3 is 5.97 Å². The minimum atomic E-state index is -0.698. The first-order valence-corrected chi connectivity index (χ1v) is 8.34. The lowest BCUT2D eigenvalue weighted by Crippen LogP contribution is -2.38. The summed E-state index contributed by atoms with van der Waals surface area (Å²) in [6.45, 7) is 2.28. The molecule has 5 heteroatoms. The number of ether oxygens (including phenoxy) is 2. The van der Waals surface area contributed by atoms with E-state index in [4.69, 9.17) is 9.47 Å². The highest BCUT2D eigenvalue weighted by Crippen LogP contribution is 2.23. The quantitative estimate of drug-likeness (QED) is 0.685. The van der Waals surface area contributed by atoms with E-state index in [1.807, 2.05) is 67.6 Å². The van der Waals surface area contributed by atoms with Crippen molar-refractivity contribution in [3.05, 3.63) is 66.2 Å². The predicted octanol–water partition coefficient (Wildman–Crippen LogP) is 2.57. The van der Waals surface area contributed by atoms with Crippen molar-refractivity contribution in [2.45, 2.75) is 19.1 Å². The van der Waals surface area contributed by atoms with Crippen molar-refractivity contribution in [2.75, 3.05) is 20.3 Å². The van der Waals surface area contributed by atoms with Gasteiger partial charge in [-0.05, 0) is 17.7 Å². The van der Waals surface area contributed by atoms with Crippen molar-refractivity contribution in [1.29, 1.82) is 0 Å². The number of aliphatic hydroxyl groups excluding tert-OH is 1. The summed E-state index contributed by atoms with van der Waals surface area (Å²) in [5, 5.41) is 13.4. The number of carbonyl (C=O) groups excluding carboxylic acids is 1. The highest BCUT2D eigenvalue weighted by molar-refractivity contribution is 5.73. The van der Waals surface area contributed by atoms with Gasteiger partial charge in [-0.3, -0.25) is 4.79 Å². The molecule has 0 saturated heterocycles. The van der Waals surface area contributed by atoms with Gasteiger partial charge in [-0.25, -0.2) is 0 Å². The molecule has 0 aliphatic heterocycles. The summed E-state index contributed by atoms with van der Waals surface area (Å²) in [5.41, 5.74) is 0.969. The van der Waals surface area contributed by atoms with Gasteiger partial charge in [0.2, 0.25) is 0 Å². The van der Waals surface area contributed by atoms with Crippen molar-refractivity contribution >= 4 is 5.97 Å². The van der Waals surface area contributed by atoms with Crippen LogP contribution in [0.15, 0.2) is 60.7 Å². The molecule has 0 spiro atoms. The lowest BCUT2D eigenvalue weighted by atomic mass is 9.94. The molecular weight excluding hydrogens is 318 g/mol. The van der Waals surface area contributed by atoms with Crippen LogP contribution >= 0.6 is 0 Å². The van der Waals surface area contributed by atoms with Crippen LogP contribution in [0.1, 0.15) is 18.5 Å². The van der Waals surface area contributed by atoms with Crippen LogP contribution in [0.3, 0.4) is 0 Å². The third kappa shape index (κ3) is 5.89. The smallest absolute Gasteiger partial charge is 0.310 e. The zero-order valence-electron chi connectivity index (χ0n) is 14.6. The van der Waals surface area contributed by atoms with E-state index in [9.17, 15) is 9.90 Å². The van der Waals surface area contributed by atoms with Gasteiger partial charge in [0.25, 0.3) is 0 Å². The molecule has 5 nitrogen and oxygen atoms in total. The van der Waals surface area contributed by atoms with Crippen molar-refractivity contribution in [3.8, 4) is 5.75 Å². The van der Waals surface area contributed by atoms with Crippen LogP contribution in [0.4, 0.5) is 0 Å². The standard InChI is InChI=1S/C20H25NO4/c1-15(20(23)24-2)19(16-9-5-3-6-10-16)21-13-17(22)14-25-18-11-7-4-8-12-18/h3-12,15,17,19,21-22H,13-14H2,1-2H3. The van der Waals surface area contributed by atoms with Gasteiger partial charge < -0.3 is 19.9 Å². The number of rotatable bonds is 9. The third-order valence-electron chi connectivity index (χ3n) is 3.99. The summed E-state index contributed by atoms with van der Waals surface area (Å²) in [6.07, 6.45) is -0.698. The highest BCUT2D eigenvalue weighted by Gasteiger charge is 2.26. The van der Waals surface area contributed by atoms with Gasteiger partial charge in [0.15, 0.2) is 0 Å². The first-order chi connectivity index (χ1) is 12.1. The van der Waals surface area contributed by atoms with Gasteiger partial charge in [-0.15, -0.1) is 0 Å². The largest absolute Gasteiger partial charge is 0.491 e. The van der Waals surface area contributed by atoms with E-state index in [0.29, 0.717) is 12.3 Å². The molecule has 0 aromatic heterocycles. The molecule has 0 radical (unpaired) electrons. The van der Waals surface area contributed by atoms with E-state index in [1.54, 1.807) is 0 Å². The second-order valence-corrected chi connectivity index (χ2v) is 5.89. The van der Waals surface area contributed by atoms with Crippen LogP contribution in [0, 0.1) is 5.92 Å². The fraction of sp³-hybridized carbons (Fsp3) is 0.350. The summed E-state index contributed by atoms with van der Waals surface area (Å²) in [4.78, 5) is 11.9. The lowest BCUT2D eigenvalue weighted by molar-refractivity contribution is -0.146. The Kier molecular flexibility index (Phi) is 7.44. The monoisotopic (exact) mass is 343 g/mol. The van der Waals surface area contributed by atoms with E-state index in [1.165, 1.54) is 7.11 Å². The fourth-order valence-electron chi connectivity index (χ4n) is 2.60. The van der Waals surface area contributed by atoms with Crippen molar-refractivity contribution < 1.29 is 19.4 Å². The van der Waals surface area contributed by atoms with E-state index in [2.05, 4.69) is 5.32 Å². The normalized spacial score (nSPS) is 14.4. The molecule has 0 saturated carbocycles. The molecule has 3 atom stereocenters. The first kappa shape index (κ1) is 19.0. The molecule has 2 rings (SSSR count). The molecule has 0 aliphatic carbocycles. The third-order valence-corrected chi connectivity index (χ3v) is 3.99. The molecule has 134 valence electrons. The summed E-state index contributed by atoms with van der Waals surface area (Å²) in [5.74, 6) is 0.0371. The SMILES string of the molecule is COC(=O)C(C)C(NCC(O)COc1ccccc1)c1ccccc1. The van der Waals surface area contributed by atoms with Crippen molar-refractivity contribution in [1.82, 2.24) is 5.32 Å². The Hall–Kier alpha value is -2.37. The van der Waals surface area contributed by atoms with Crippen LogP contribution < -0.4 is 10.1 Å². The number of nitrogens with one attached hydrogen (secondary N) is 1. The number of hydrogen-bond donors (Lipinski definition) is 2. The number of carbonyl (C=O) groups is 1. The summed E-state index contributed by atoms with van der Waals surface area (Å²) in [6, 6.07) is 18.8. The molecule has 0 fully saturated rings. The highest BCUT2D eigenvalue weighted by atomic mass is 16.5. The maximum atomic E-state index is 11.9. The van der Waals surface area contributed by atoms with Gasteiger partial charge in [-0.2, -0.15) is 0 Å². The number of aliphatic hydroxyl groups is 1. The summed E-state index contributed by atoms with van der Waals surface area (Å²) >= 11 is 0.